The molecule has 2 nitrogen and oxygen atoms in total. The Hall–Kier alpha value is -0.0800. The Morgan fingerprint density at radius 1 is 0.929 bits per heavy atom. The number of rotatable bonds is 3. The largest absolute Gasteiger partial charge is 0.353 e. The molecule has 1 atom stereocenters. The van der Waals surface area contributed by atoms with Crippen molar-refractivity contribution >= 4 is 0 Å². The van der Waals surface area contributed by atoms with Crippen LogP contribution in [-0.4, -0.2) is 19.5 Å². The second kappa shape index (κ2) is 5.72. The molecule has 0 aromatic rings. The smallest absolute Gasteiger partial charge is 0.157 e. The highest BCUT2D eigenvalue weighted by Crippen LogP contribution is 2.25. The van der Waals surface area contributed by atoms with Crippen LogP contribution in [0.15, 0.2) is 0 Å². The van der Waals surface area contributed by atoms with Crippen LogP contribution in [0.1, 0.15) is 51.4 Å². The quantitative estimate of drug-likeness (QED) is 0.693. The summed E-state index contributed by atoms with van der Waals surface area (Å²) in [5.74, 6) is 0.814. The number of hydrogen-bond donors (Lipinski definition) is 0. The lowest BCUT2D eigenvalue weighted by Gasteiger charge is -2.27. The van der Waals surface area contributed by atoms with E-state index in [-0.39, 0.29) is 6.29 Å². The molecule has 0 spiro atoms. The summed E-state index contributed by atoms with van der Waals surface area (Å²) in [4.78, 5) is 0. The van der Waals surface area contributed by atoms with Gasteiger partial charge in [0.05, 0.1) is 6.61 Å². The van der Waals surface area contributed by atoms with Crippen molar-refractivity contribution in [3.05, 3.63) is 0 Å². The second-order valence-electron chi connectivity index (χ2n) is 4.63. The molecule has 82 valence electrons. The minimum Gasteiger partial charge on any atom is -0.353 e. The molecule has 1 saturated heterocycles. The first kappa shape index (κ1) is 10.4. The van der Waals surface area contributed by atoms with Gasteiger partial charge < -0.3 is 9.47 Å². The number of ether oxygens (including phenoxy) is 2. The van der Waals surface area contributed by atoms with Gasteiger partial charge in [0.1, 0.15) is 0 Å². The summed E-state index contributed by atoms with van der Waals surface area (Å²) in [6.07, 6.45) is 10.7. The zero-order chi connectivity index (χ0) is 9.64. The molecule has 0 amide bonds. The fourth-order valence-corrected chi connectivity index (χ4v) is 2.44. The molecule has 1 heterocycles. The van der Waals surface area contributed by atoms with Gasteiger partial charge >= 0.3 is 0 Å². The third-order valence-corrected chi connectivity index (χ3v) is 3.38. The Morgan fingerprint density at radius 2 is 1.71 bits per heavy atom. The molecule has 2 heteroatoms. The molecule has 1 saturated carbocycles. The van der Waals surface area contributed by atoms with Gasteiger partial charge in [-0.15, -0.1) is 0 Å². The average Bonchev–Trinajstić information content (AvgIpc) is 2.29. The molecular weight excluding hydrogens is 176 g/mol. The predicted molar refractivity (Wildman–Crippen MR) is 56.1 cm³/mol. The zero-order valence-electron chi connectivity index (χ0n) is 9.04. The van der Waals surface area contributed by atoms with E-state index in [0.29, 0.717) is 0 Å². The first-order valence-corrected chi connectivity index (χ1v) is 6.18. The van der Waals surface area contributed by atoms with Crippen molar-refractivity contribution in [2.45, 2.75) is 57.7 Å². The summed E-state index contributed by atoms with van der Waals surface area (Å²) in [6, 6.07) is 0. The second-order valence-corrected chi connectivity index (χ2v) is 4.63. The normalized spacial score (nSPS) is 30.4. The number of hydrogen-bond acceptors (Lipinski definition) is 2. The minimum absolute atomic E-state index is 0.116. The van der Waals surface area contributed by atoms with Crippen LogP contribution in [0.2, 0.25) is 0 Å². The first-order valence-electron chi connectivity index (χ1n) is 6.18. The van der Waals surface area contributed by atoms with Crippen LogP contribution in [0.25, 0.3) is 0 Å². The van der Waals surface area contributed by atoms with Gasteiger partial charge in [-0.05, 0) is 38.0 Å². The van der Waals surface area contributed by atoms with E-state index in [9.17, 15) is 0 Å². The van der Waals surface area contributed by atoms with E-state index in [0.717, 1.165) is 25.6 Å². The lowest BCUT2D eigenvalue weighted by atomic mass is 9.90. The first-order chi connectivity index (χ1) is 6.95. The molecule has 0 bridgehead atoms. The minimum atomic E-state index is 0.116. The molecule has 0 aromatic heterocycles. The van der Waals surface area contributed by atoms with Crippen molar-refractivity contribution in [3.63, 3.8) is 0 Å². The van der Waals surface area contributed by atoms with Crippen LogP contribution in [-0.2, 0) is 9.47 Å². The summed E-state index contributed by atoms with van der Waals surface area (Å²) in [5, 5.41) is 0. The maximum atomic E-state index is 5.80. The van der Waals surface area contributed by atoms with Crippen molar-refractivity contribution in [2.75, 3.05) is 13.2 Å². The Kier molecular flexibility index (Phi) is 4.26. The van der Waals surface area contributed by atoms with Crippen LogP contribution in [0.5, 0.6) is 0 Å². The van der Waals surface area contributed by atoms with Gasteiger partial charge in [-0.3, -0.25) is 0 Å². The van der Waals surface area contributed by atoms with E-state index in [2.05, 4.69) is 0 Å². The summed E-state index contributed by atoms with van der Waals surface area (Å²) >= 11 is 0. The Labute approximate surface area is 87.0 Å². The van der Waals surface area contributed by atoms with Gasteiger partial charge in [0.15, 0.2) is 6.29 Å². The topological polar surface area (TPSA) is 18.5 Å². The maximum absolute atomic E-state index is 5.80. The molecule has 0 radical (unpaired) electrons. The molecule has 1 aliphatic carbocycles. The summed E-state index contributed by atoms with van der Waals surface area (Å²) in [6.45, 7) is 1.83. The van der Waals surface area contributed by atoms with Gasteiger partial charge in [0.2, 0.25) is 0 Å². The van der Waals surface area contributed by atoms with Crippen LogP contribution in [0, 0.1) is 5.92 Å². The summed E-state index contributed by atoms with van der Waals surface area (Å²) in [5.41, 5.74) is 0. The van der Waals surface area contributed by atoms with Crippen LogP contribution < -0.4 is 0 Å². The van der Waals surface area contributed by atoms with Gasteiger partial charge in [-0.25, -0.2) is 0 Å². The van der Waals surface area contributed by atoms with Crippen LogP contribution >= 0.6 is 0 Å². The standard InChI is InChI=1S/C12H22O2/c1-2-6-11(7-3-1)10-14-12-8-4-5-9-13-12/h11-12H,1-10H2. The van der Waals surface area contributed by atoms with Gasteiger partial charge in [0, 0.05) is 6.61 Å². The molecule has 0 N–H and O–H groups in total. The molecule has 2 aliphatic rings. The maximum Gasteiger partial charge on any atom is 0.157 e. The molecule has 0 aromatic carbocycles. The van der Waals surface area contributed by atoms with Gasteiger partial charge in [-0.2, -0.15) is 0 Å². The van der Waals surface area contributed by atoms with Gasteiger partial charge in [-0.1, -0.05) is 19.3 Å². The van der Waals surface area contributed by atoms with E-state index in [1.807, 2.05) is 0 Å². The van der Waals surface area contributed by atoms with Crippen molar-refractivity contribution in [3.8, 4) is 0 Å². The Bertz CT molecular complexity index is 128. The third-order valence-electron chi connectivity index (χ3n) is 3.38. The molecule has 14 heavy (non-hydrogen) atoms. The van der Waals surface area contributed by atoms with Gasteiger partial charge in [0.25, 0.3) is 0 Å². The van der Waals surface area contributed by atoms with Crippen molar-refractivity contribution < 1.29 is 9.47 Å². The molecule has 2 fully saturated rings. The van der Waals surface area contributed by atoms with Crippen molar-refractivity contribution in [1.82, 2.24) is 0 Å². The predicted octanol–water partition coefficient (Wildman–Crippen LogP) is 3.11. The molecule has 1 unspecified atom stereocenters. The van der Waals surface area contributed by atoms with E-state index in [1.165, 1.54) is 44.9 Å². The highest BCUT2D eigenvalue weighted by atomic mass is 16.7. The molecular formula is C12H22O2. The third kappa shape index (κ3) is 3.25. The lowest BCUT2D eigenvalue weighted by molar-refractivity contribution is -0.170. The summed E-state index contributed by atoms with van der Waals surface area (Å²) in [7, 11) is 0. The summed E-state index contributed by atoms with van der Waals surface area (Å²) < 4.78 is 11.3. The van der Waals surface area contributed by atoms with E-state index < -0.39 is 0 Å². The van der Waals surface area contributed by atoms with E-state index in [1.54, 1.807) is 0 Å². The van der Waals surface area contributed by atoms with E-state index in [4.69, 9.17) is 9.47 Å². The highest BCUT2D eigenvalue weighted by molar-refractivity contribution is 4.65. The average molecular weight is 198 g/mol. The zero-order valence-corrected chi connectivity index (χ0v) is 9.04. The Balaban J connectivity index is 1.60. The fraction of sp³-hybridized carbons (Fsp3) is 1.00. The van der Waals surface area contributed by atoms with E-state index >= 15 is 0 Å². The van der Waals surface area contributed by atoms with Crippen LogP contribution in [0.4, 0.5) is 0 Å². The lowest BCUT2D eigenvalue weighted by Crippen LogP contribution is -2.25. The fourth-order valence-electron chi connectivity index (χ4n) is 2.44. The SMILES string of the molecule is C1CCC(COC2CCCCO2)CC1. The monoisotopic (exact) mass is 198 g/mol. The van der Waals surface area contributed by atoms with Crippen LogP contribution in [0.3, 0.4) is 0 Å². The molecule has 1 aliphatic heterocycles. The van der Waals surface area contributed by atoms with Crippen molar-refractivity contribution in [2.24, 2.45) is 5.92 Å². The Morgan fingerprint density at radius 3 is 2.43 bits per heavy atom. The highest BCUT2D eigenvalue weighted by Gasteiger charge is 2.18. The van der Waals surface area contributed by atoms with Crippen molar-refractivity contribution in [1.29, 1.82) is 0 Å². The molecule has 2 rings (SSSR count).